The van der Waals surface area contributed by atoms with Crippen LogP contribution in [0.2, 0.25) is 0 Å². The van der Waals surface area contributed by atoms with E-state index in [1.807, 2.05) is 24.3 Å². The van der Waals surface area contributed by atoms with Crippen molar-refractivity contribution in [2.45, 2.75) is 5.03 Å². The molecule has 0 atom stereocenters. The molecule has 0 bridgehead atoms. The van der Waals surface area contributed by atoms with E-state index < -0.39 is 0 Å². The average Bonchev–Trinajstić information content (AvgIpc) is 2.63. The van der Waals surface area contributed by atoms with Crippen LogP contribution in [0.5, 0.6) is 0 Å². The zero-order valence-corrected chi connectivity index (χ0v) is 15.3. The van der Waals surface area contributed by atoms with E-state index >= 15 is 0 Å². The van der Waals surface area contributed by atoms with Crippen LogP contribution in [0.4, 0.5) is 10.1 Å². The van der Waals surface area contributed by atoms with Crippen molar-refractivity contribution in [2.75, 3.05) is 11.1 Å². The van der Waals surface area contributed by atoms with Crippen LogP contribution in [0.15, 0.2) is 70.2 Å². The number of hydrogen-bond donors (Lipinski definition) is 1. The molecule has 4 nitrogen and oxygen atoms in total. The lowest BCUT2D eigenvalue weighted by molar-refractivity contribution is -0.113. The lowest BCUT2D eigenvalue weighted by Crippen LogP contribution is -2.14. The highest BCUT2D eigenvalue weighted by atomic mass is 79.9. The van der Waals surface area contributed by atoms with Crippen molar-refractivity contribution in [3.63, 3.8) is 0 Å². The summed E-state index contributed by atoms with van der Waals surface area (Å²) >= 11 is 4.65. The number of amides is 1. The van der Waals surface area contributed by atoms with E-state index in [0.717, 1.165) is 15.7 Å². The zero-order valence-electron chi connectivity index (χ0n) is 12.9. The van der Waals surface area contributed by atoms with Crippen molar-refractivity contribution in [2.24, 2.45) is 0 Å². The molecule has 3 aromatic rings. The van der Waals surface area contributed by atoms with E-state index in [1.54, 1.807) is 24.3 Å². The van der Waals surface area contributed by atoms with E-state index in [-0.39, 0.29) is 17.5 Å². The number of carbonyl (C=O) groups excluding carboxylic acids is 1. The molecule has 0 spiro atoms. The van der Waals surface area contributed by atoms with Crippen molar-refractivity contribution in [1.29, 1.82) is 0 Å². The second-order valence-corrected chi connectivity index (χ2v) is 7.02. The Labute approximate surface area is 157 Å². The molecule has 7 heteroatoms. The van der Waals surface area contributed by atoms with E-state index in [2.05, 4.69) is 31.4 Å². The Morgan fingerprint density at radius 2 is 1.72 bits per heavy atom. The lowest BCUT2D eigenvalue weighted by Gasteiger charge is -2.05. The van der Waals surface area contributed by atoms with Crippen LogP contribution in [-0.2, 0) is 4.79 Å². The molecule has 1 N–H and O–H groups in total. The molecule has 0 aliphatic rings. The highest BCUT2D eigenvalue weighted by Crippen LogP contribution is 2.20. The fraction of sp³-hybridized carbons (Fsp3) is 0.0556. The lowest BCUT2D eigenvalue weighted by atomic mass is 10.1. The van der Waals surface area contributed by atoms with Gasteiger partial charge in [-0.1, -0.05) is 27.7 Å². The molecule has 0 aliphatic carbocycles. The summed E-state index contributed by atoms with van der Waals surface area (Å²) in [4.78, 5) is 12.0. The largest absolute Gasteiger partial charge is 0.325 e. The van der Waals surface area contributed by atoms with Crippen LogP contribution in [0.25, 0.3) is 11.3 Å². The molecule has 0 aliphatic heterocycles. The molecule has 1 heterocycles. The number of carbonyl (C=O) groups is 1. The number of hydrogen-bond acceptors (Lipinski definition) is 4. The maximum atomic E-state index is 12.9. The van der Waals surface area contributed by atoms with Crippen LogP contribution >= 0.6 is 27.7 Å². The first-order valence-electron chi connectivity index (χ1n) is 7.38. The van der Waals surface area contributed by atoms with Gasteiger partial charge in [-0.15, -0.1) is 10.2 Å². The average molecular weight is 418 g/mol. The molecule has 0 unspecified atom stereocenters. The van der Waals surface area contributed by atoms with E-state index in [4.69, 9.17) is 0 Å². The molecular weight excluding hydrogens is 405 g/mol. The Kier molecular flexibility index (Phi) is 5.78. The number of nitrogens with zero attached hydrogens (tertiary/aromatic N) is 2. The molecule has 25 heavy (non-hydrogen) atoms. The first kappa shape index (κ1) is 17.6. The van der Waals surface area contributed by atoms with Gasteiger partial charge in [0.2, 0.25) is 5.91 Å². The third-order valence-corrected chi connectivity index (χ3v) is 4.71. The normalized spacial score (nSPS) is 10.5. The number of benzene rings is 2. The predicted octanol–water partition coefficient (Wildman–Crippen LogP) is 4.78. The summed E-state index contributed by atoms with van der Waals surface area (Å²) in [5.74, 6) is -0.168. The topological polar surface area (TPSA) is 54.9 Å². The van der Waals surface area contributed by atoms with Crippen molar-refractivity contribution in [1.82, 2.24) is 10.2 Å². The first-order chi connectivity index (χ1) is 12.1. The molecule has 2 aromatic carbocycles. The molecule has 3 rings (SSSR count). The highest BCUT2D eigenvalue weighted by molar-refractivity contribution is 9.10. The van der Waals surface area contributed by atoms with Gasteiger partial charge in [0, 0.05) is 15.7 Å². The molecule has 0 saturated carbocycles. The van der Waals surface area contributed by atoms with Gasteiger partial charge >= 0.3 is 0 Å². The minimum atomic E-state index is -0.291. The molecule has 126 valence electrons. The van der Waals surface area contributed by atoms with Gasteiger partial charge in [0.1, 0.15) is 10.8 Å². The molecular formula is C18H13BrFN3OS. The van der Waals surface area contributed by atoms with E-state index in [9.17, 15) is 9.18 Å². The fourth-order valence-electron chi connectivity index (χ4n) is 2.04. The van der Waals surface area contributed by atoms with Gasteiger partial charge in [0.25, 0.3) is 0 Å². The van der Waals surface area contributed by atoms with Crippen LogP contribution < -0.4 is 5.32 Å². The summed E-state index contributed by atoms with van der Waals surface area (Å²) < 4.78 is 13.9. The third-order valence-electron chi connectivity index (χ3n) is 3.26. The second kappa shape index (κ2) is 8.22. The minimum absolute atomic E-state index is 0.114. The number of halogens is 2. The van der Waals surface area contributed by atoms with Gasteiger partial charge in [-0.05, 0) is 60.7 Å². The number of nitrogens with one attached hydrogen (secondary N) is 1. The fourth-order valence-corrected chi connectivity index (χ4v) is 2.92. The van der Waals surface area contributed by atoms with Crippen molar-refractivity contribution in [3.05, 3.63) is 71.0 Å². The van der Waals surface area contributed by atoms with Gasteiger partial charge in [-0.25, -0.2) is 4.39 Å². The van der Waals surface area contributed by atoms with E-state index in [1.165, 1.54) is 23.9 Å². The SMILES string of the molecule is O=C(CSc1ccc(-c2ccc(F)cc2)nn1)Nc1ccc(Br)cc1. The molecule has 0 saturated heterocycles. The Morgan fingerprint density at radius 1 is 1.00 bits per heavy atom. The summed E-state index contributed by atoms with van der Waals surface area (Å²) in [5, 5.41) is 11.7. The number of rotatable bonds is 5. The number of thioether (sulfide) groups is 1. The zero-order chi connectivity index (χ0) is 17.6. The Bertz CT molecular complexity index is 855. The summed E-state index contributed by atoms with van der Waals surface area (Å²) in [6, 6.07) is 17.0. The minimum Gasteiger partial charge on any atom is -0.325 e. The Hall–Kier alpha value is -2.25. The van der Waals surface area contributed by atoms with Crippen LogP contribution in [0, 0.1) is 5.82 Å². The Balaban J connectivity index is 1.55. The monoisotopic (exact) mass is 417 g/mol. The quantitative estimate of drug-likeness (QED) is 0.607. The van der Waals surface area contributed by atoms with Gasteiger partial charge in [0.05, 0.1) is 11.4 Å². The maximum Gasteiger partial charge on any atom is 0.234 e. The van der Waals surface area contributed by atoms with E-state index in [0.29, 0.717) is 10.7 Å². The standard InChI is InChI=1S/C18H13BrFN3OS/c19-13-3-7-15(8-4-13)21-17(24)11-25-18-10-9-16(22-23-18)12-1-5-14(20)6-2-12/h1-10H,11H2,(H,21,24). The summed E-state index contributed by atoms with van der Waals surface area (Å²) in [6.07, 6.45) is 0. The number of aromatic nitrogens is 2. The molecule has 1 aromatic heterocycles. The molecule has 0 radical (unpaired) electrons. The summed E-state index contributed by atoms with van der Waals surface area (Å²) in [7, 11) is 0. The first-order valence-corrected chi connectivity index (χ1v) is 9.16. The third kappa shape index (κ3) is 5.11. The highest BCUT2D eigenvalue weighted by Gasteiger charge is 2.06. The van der Waals surface area contributed by atoms with Gasteiger partial charge in [-0.2, -0.15) is 0 Å². The van der Waals surface area contributed by atoms with Crippen molar-refractivity contribution in [3.8, 4) is 11.3 Å². The maximum absolute atomic E-state index is 12.9. The molecule has 1 amide bonds. The van der Waals surface area contributed by atoms with Crippen LogP contribution in [0.1, 0.15) is 0 Å². The van der Waals surface area contributed by atoms with Crippen LogP contribution in [0.3, 0.4) is 0 Å². The molecule has 0 fully saturated rings. The van der Waals surface area contributed by atoms with Gasteiger partial charge in [-0.3, -0.25) is 4.79 Å². The summed E-state index contributed by atoms with van der Waals surface area (Å²) in [5.41, 5.74) is 2.19. The van der Waals surface area contributed by atoms with Gasteiger partial charge < -0.3 is 5.32 Å². The Morgan fingerprint density at radius 3 is 2.36 bits per heavy atom. The smallest absolute Gasteiger partial charge is 0.234 e. The predicted molar refractivity (Wildman–Crippen MR) is 101 cm³/mol. The van der Waals surface area contributed by atoms with Crippen LogP contribution in [-0.4, -0.2) is 21.9 Å². The van der Waals surface area contributed by atoms with Crippen molar-refractivity contribution < 1.29 is 9.18 Å². The van der Waals surface area contributed by atoms with Crippen molar-refractivity contribution >= 4 is 39.3 Å². The number of anilines is 1. The summed E-state index contributed by atoms with van der Waals surface area (Å²) in [6.45, 7) is 0. The van der Waals surface area contributed by atoms with Gasteiger partial charge in [0.15, 0.2) is 0 Å². The second-order valence-electron chi connectivity index (χ2n) is 5.11.